The molecular formula is C17H20O5. The smallest absolute Gasteiger partial charge is 0.338 e. The van der Waals surface area contributed by atoms with Gasteiger partial charge in [0, 0.05) is 18.9 Å². The van der Waals surface area contributed by atoms with E-state index >= 15 is 0 Å². The quantitative estimate of drug-likeness (QED) is 0.480. The van der Waals surface area contributed by atoms with Crippen molar-refractivity contribution in [2.75, 3.05) is 6.61 Å². The third kappa shape index (κ3) is 3.75. The molecule has 1 aliphatic heterocycles. The molecule has 5 heteroatoms. The highest BCUT2D eigenvalue weighted by Crippen LogP contribution is 2.31. The van der Waals surface area contributed by atoms with Crippen LogP contribution in [0.2, 0.25) is 0 Å². The lowest BCUT2D eigenvalue weighted by atomic mass is 9.93. The number of aliphatic hydroxyl groups is 1. The maximum absolute atomic E-state index is 12.0. The Hall–Kier alpha value is -2.10. The predicted octanol–water partition coefficient (Wildman–Crippen LogP) is 1.97. The second-order valence-electron chi connectivity index (χ2n) is 5.61. The Morgan fingerprint density at radius 3 is 2.91 bits per heavy atom. The van der Waals surface area contributed by atoms with Gasteiger partial charge in [0.15, 0.2) is 0 Å². The average Bonchev–Trinajstić information content (AvgIpc) is 2.71. The monoisotopic (exact) mass is 304 g/mol. The van der Waals surface area contributed by atoms with Gasteiger partial charge in [0.1, 0.15) is 12.7 Å². The minimum Gasteiger partial charge on any atom is -0.461 e. The Bertz CT molecular complexity index is 617. The molecule has 0 aromatic heterocycles. The van der Waals surface area contributed by atoms with E-state index in [2.05, 4.69) is 5.73 Å². The van der Waals surface area contributed by atoms with Gasteiger partial charge in [-0.2, -0.15) is 0 Å². The molecule has 1 N–H and O–H groups in total. The van der Waals surface area contributed by atoms with Crippen LogP contribution in [0.15, 0.2) is 40.2 Å². The van der Waals surface area contributed by atoms with Crippen LogP contribution < -0.4 is 0 Å². The molecule has 0 bridgehead atoms. The average molecular weight is 304 g/mol. The molecular weight excluding hydrogens is 284 g/mol. The summed E-state index contributed by atoms with van der Waals surface area (Å²) in [7, 11) is 0. The molecule has 5 nitrogen and oxygen atoms in total. The molecule has 0 aromatic carbocycles. The molecule has 1 heterocycles. The van der Waals surface area contributed by atoms with E-state index < -0.39 is 24.1 Å². The fourth-order valence-electron chi connectivity index (χ4n) is 2.54. The molecule has 0 aromatic rings. The summed E-state index contributed by atoms with van der Waals surface area (Å²) in [5, 5.41) is 10.5. The Balaban J connectivity index is 2.43. The number of hydrogen-bond donors (Lipinski definition) is 1. The summed E-state index contributed by atoms with van der Waals surface area (Å²) in [5.41, 5.74) is 5.74. The van der Waals surface area contributed by atoms with Gasteiger partial charge in [-0.1, -0.05) is 5.57 Å². The summed E-state index contributed by atoms with van der Waals surface area (Å²) in [6, 6.07) is 0. The molecule has 0 amide bonds. The number of ether oxygens (including phenoxy) is 2. The van der Waals surface area contributed by atoms with Crippen molar-refractivity contribution < 1.29 is 24.2 Å². The van der Waals surface area contributed by atoms with Crippen LogP contribution in [0.1, 0.15) is 33.6 Å². The molecule has 0 fully saturated rings. The maximum atomic E-state index is 12.0. The van der Waals surface area contributed by atoms with Gasteiger partial charge >= 0.3 is 11.9 Å². The van der Waals surface area contributed by atoms with Crippen LogP contribution in [0, 0.1) is 0 Å². The zero-order chi connectivity index (χ0) is 16.3. The van der Waals surface area contributed by atoms with Crippen molar-refractivity contribution in [1.29, 1.82) is 0 Å². The number of esters is 2. The number of fused-ring (bicyclic) bond motifs is 1. The van der Waals surface area contributed by atoms with Crippen LogP contribution >= 0.6 is 0 Å². The first-order valence-corrected chi connectivity index (χ1v) is 7.21. The van der Waals surface area contributed by atoms with Crippen molar-refractivity contribution in [1.82, 2.24) is 0 Å². The van der Waals surface area contributed by atoms with E-state index in [1.807, 2.05) is 26.0 Å². The summed E-state index contributed by atoms with van der Waals surface area (Å²) in [4.78, 5) is 23.0. The molecule has 2 atom stereocenters. The highest BCUT2D eigenvalue weighted by Gasteiger charge is 2.37. The highest BCUT2D eigenvalue weighted by molar-refractivity contribution is 5.93. The van der Waals surface area contributed by atoms with Crippen molar-refractivity contribution >= 4 is 11.9 Å². The lowest BCUT2D eigenvalue weighted by Gasteiger charge is -2.18. The topological polar surface area (TPSA) is 72.8 Å². The maximum Gasteiger partial charge on any atom is 0.338 e. The van der Waals surface area contributed by atoms with Crippen LogP contribution in [-0.4, -0.2) is 35.9 Å². The number of hydrogen-bond acceptors (Lipinski definition) is 5. The van der Waals surface area contributed by atoms with Gasteiger partial charge < -0.3 is 14.6 Å². The van der Waals surface area contributed by atoms with E-state index in [0.29, 0.717) is 18.4 Å². The Morgan fingerprint density at radius 2 is 2.23 bits per heavy atom. The van der Waals surface area contributed by atoms with E-state index in [-0.39, 0.29) is 12.2 Å². The van der Waals surface area contributed by atoms with E-state index in [1.165, 1.54) is 6.92 Å². The third-order valence-corrected chi connectivity index (χ3v) is 3.62. The SMILES string of the molecule is CC(=O)OCC1=C2C(O)CC(C)=C=CCC(C)=CC2OC1=O. The number of carbonyl (C=O) groups is 2. The summed E-state index contributed by atoms with van der Waals surface area (Å²) in [5.74, 6) is -1.03. The van der Waals surface area contributed by atoms with Crippen LogP contribution in [0.3, 0.4) is 0 Å². The molecule has 0 spiro atoms. The predicted molar refractivity (Wildman–Crippen MR) is 79.8 cm³/mol. The molecule has 1 aliphatic carbocycles. The normalized spacial score (nSPS) is 25.2. The van der Waals surface area contributed by atoms with Crippen LogP contribution in [0.4, 0.5) is 0 Å². The van der Waals surface area contributed by atoms with Gasteiger partial charge in [0.25, 0.3) is 0 Å². The Morgan fingerprint density at radius 1 is 1.50 bits per heavy atom. The summed E-state index contributed by atoms with van der Waals surface area (Å²) < 4.78 is 10.3. The van der Waals surface area contributed by atoms with Gasteiger partial charge in [-0.05, 0) is 38.0 Å². The number of rotatable bonds is 2. The Kier molecular flexibility index (Phi) is 5.01. The number of allylic oxidation sites excluding steroid dienone is 1. The molecule has 2 unspecified atom stereocenters. The second-order valence-corrected chi connectivity index (χ2v) is 5.61. The van der Waals surface area contributed by atoms with Crippen LogP contribution in [0.5, 0.6) is 0 Å². The summed E-state index contributed by atoms with van der Waals surface area (Å²) in [6.07, 6.45) is 3.30. The minimum atomic E-state index is -0.870. The molecule has 22 heavy (non-hydrogen) atoms. The minimum absolute atomic E-state index is 0.178. The van der Waals surface area contributed by atoms with Crippen LogP contribution in [0.25, 0.3) is 0 Å². The van der Waals surface area contributed by atoms with E-state index in [0.717, 1.165) is 11.1 Å². The van der Waals surface area contributed by atoms with E-state index in [1.54, 1.807) is 0 Å². The fraction of sp³-hybridized carbons (Fsp3) is 0.471. The molecule has 0 saturated heterocycles. The number of aliphatic hydroxyl groups excluding tert-OH is 1. The van der Waals surface area contributed by atoms with Crippen molar-refractivity contribution in [3.8, 4) is 0 Å². The molecule has 0 saturated carbocycles. The van der Waals surface area contributed by atoms with Crippen molar-refractivity contribution in [3.63, 3.8) is 0 Å². The first-order valence-electron chi connectivity index (χ1n) is 7.21. The molecule has 118 valence electrons. The summed E-state index contributed by atoms with van der Waals surface area (Å²) in [6.45, 7) is 4.90. The van der Waals surface area contributed by atoms with Gasteiger partial charge in [0.2, 0.25) is 0 Å². The molecule has 0 radical (unpaired) electrons. The standard InChI is InChI=1S/C17H20O5/c1-10-5-4-6-11(2)8-15-16(14(19)7-10)13(17(20)22-15)9-21-12(3)18/h4,8,14-15,19H,6-7,9H2,1-3H3. The van der Waals surface area contributed by atoms with Gasteiger partial charge in [-0.3, -0.25) is 4.79 Å². The van der Waals surface area contributed by atoms with Crippen molar-refractivity contribution in [3.05, 3.63) is 40.2 Å². The first-order chi connectivity index (χ1) is 10.4. The van der Waals surface area contributed by atoms with Crippen molar-refractivity contribution in [2.45, 2.75) is 45.8 Å². The van der Waals surface area contributed by atoms with E-state index in [4.69, 9.17) is 9.47 Å². The Labute approximate surface area is 129 Å². The zero-order valence-corrected chi connectivity index (χ0v) is 13.0. The largest absolute Gasteiger partial charge is 0.461 e. The molecule has 2 rings (SSSR count). The second kappa shape index (κ2) is 6.77. The lowest BCUT2D eigenvalue weighted by molar-refractivity contribution is -0.142. The fourth-order valence-corrected chi connectivity index (χ4v) is 2.54. The molecule has 2 aliphatic rings. The van der Waals surface area contributed by atoms with Gasteiger partial charge in [0.05, 0.1) is 11.7 Å². The van der Waals surface area contributed by atoms with E-state index in [9.17, 15) is 14.7 Å². The lowest BCUT2D eigenvalue weighted by Crippen LogP contribution is -2.21. The van der Waals surface area contributed by atoms with Gasteiger partial charge in [-0.15, -0.1) is 5.73 Å². The first kappa shape index (κ1) is 16.3. The van der Waals surface area contributed by atoms with Gasteiger partial charge in [-0.25, -0.2) is 4.79 Å². The van der Waals surface area contributed by atoms with Crippen LogP contribution in [-0.2, 0) is 19.1 Å². The van der Waals surface area contributed by atoms with Crippen molar-refractivity contribution in [2.24, 2.45) is 0 Å². The highest BCUT2D eigenvalue weighted by atomic mass is 16.6. The third-order valence-electron chi connectivity index (χ3n) is 3.62. The number of carbonyl (C=O) groups excluding carboxylic acids is 2. The zero-order valence-electron chi connectivity index (χ0n) is 13.0. The summed E-state index contributed by atoms with van der Waals surface area (Å²) >= 11 is 0.